The molecule has 1 aromatic carbocycles. The van der Waals surface area contributed by atoms with Crippen molar-refractivity contribution in [3.63, 3.8) is 0 Å². The van der Waals surface area contributed by atoms with E-state index in [2.05, 4.69) is 49.1 Å². The maximum atomic E-state index is 5.99. The number of benzene rings is 1. The van der Waals surface area contributed by atoms with Gasteiger partial charge in [-0.25, -0.2) is 0 Å². The molecule has 0 aromatic heterocycles. The Hall–Kier alpha value is -0.860. The van der Waals surface area contributed by atoms with Gasteiger partial charge in [-0.05, 0) is 61.6 Å². The van der Waals surface area contributed by atoms with E-state index in [9.17, 15) is 0 Å². The summed E-state index contributed by atoms with van der Waals surface area (Å²) in [5, 5.41) is 0. The minimum absolute atomic E-state index is 0.478. The third-order valence-corrected chi connectivity index (χ3v) is 6.23. The van der Waals surface area contributed by atoms with E-state index >= 15 is 0 Å². The van der Waals surface area contributed by atoms with Crippen molar-refractivity contribution in [1.29, 1.82) is 0 Å². The molecule has 2 aliphatic rings. The highest BCUT2D eigenvalue weighted by molar-refractivity contribution is 5.13. The number of nitrogens with zero attached hydrogens (tertiary/aromatic N) is 1. The molecule has 0 bridgehead atoms. The van der Waals surface area contributed by atoms with Gasteiger partial charge < -0.3 is 9.64 Å². The van der Waals surface area contributed by atoms with Gasteiger partial charge in [-0.3, -0.25) is 0 Å². The second-order valence-electron chi connectivity index (χ2n) is 7.94. The molecule has 0 amide bonds. The number of likely N-dealkylation sites (tertiary alicyclic amines) is 1. The van der Waals surface area contributed by atoms with E-state index in [1.165, 1.54) is 57.3 Å². The molecule has 2 nitrogen and oxygen atoms in total. The second-order valence-corrected chi connectivity index (χ2v) is 7.94. The Labute approximate surface area is 135 Å². The lowest BCUT2D eigenvalue weighted by atomic mass is 9.49. The Bertz CT molecular complexity index is 464. The van der Waals surface area contributed by atoms with E-state index in [4.69, 9.17) is 4.74 Å². The maximum Gasteiger partial charge on any atom is 0.0716 e. The molecule has 1 aliphatic heterocycles. The van der Waals surface area contributed by atoms with Crippen LogP contribution in [0.15, 0.2) is 30.3 Å². The van der Waals surface area contributed by atoms with Crippen LogP contribution in [-0.2, 0) is 11.3 Å². The minimum Gasteiger partial charge on any atom is -0.377 e. The molecule has 2 fully saturated rings. The van der Waals surface area contributed by atoms with E-state index in [1.54, 1.807) is 0 Å². The molecular formula is C20H31NO. The summed E-state index contributed by atoms with van der Waals surface area (Å²) in [5.74, 6) is 0. The fourth-order valence-electron chi connectivity index (χ4n) is 4.21. The van der Waals surface area contributed by atoms with Crippen molar-refractivity contribution in [2.75, 3.05) is 26.2 Å². The van der Waals surface area contributed by atoms with Gasteiger partial charge in [-0.2, -0.15) is 0 Å². The third kappa shape index (κ3) is 3.38. The molecule has 1 saturated carbocycles. The second kappa shape index (κ2) is 6.72. The van der Waals surface area contributed by atoms with Gasteiger partial charge in [0.1, 0.15) is 0 Å². The molecule has 0 spiro atoms. The Morgan fingerprint density at radius 3 is 2.36 bits per heavy atom. The summed E-state index contributed by atoms with van der Waals surface area (Å²) in [6.45, 7) is 10.5. The molecule has 22 heavy (non-hydrogen) atoms. The molecule has 1 heterocycles. The van der Waals surface area contributed by atoms with Crippen LogP contribution in [0.4, 0.5) is 0 Å². The van der Waals surface area contributed by atoms with E-state index < -0.39 is 0 Å². The number of ether oxygens (including phenoxy) is 1. The number of hydrogen-bond donors (Lipinski definition) is 0. The molecule has 2 heteroatoms. The summed E-state index contributed by atoms with van der Waals surface area (Å²) in [7, 11) is 0. The van der Waals surface area contributed by atoms with Crippen molar-refractivity contribution in [2.24, 2.45) is 10.8 Å². The molecule has 1 saturated heterocycles. The van der Waals surface area contributed by atoms with Crippen molar-refractivity contribution in [1.82, 2.24) is 4.90 Å². The van der Waals surface area contributed by atoms with Crippen LogP contribution >= 0.6 is 0 Å². The normalized spacial score (nSPS) is 27.7. The smallest absolute Gasteiger partial charge is 0.0716 e. The van der Waals surface area contributed by atoms with Crippen LogP contribution in [0.1, 0.15) is 51.5 Å². The lowest BCUT2D eigenvalue weighted by molar-refractivity contribution is -0.0939. The van der Waals surface area contributed by atoms with Crippen molar-refractivity contribution in [3.05, 3.63) is 35.9 Å². The van der Waals surface area contributed by atoms with Crippen molar-refractivity contribution >= 4 is 0 Å². The van der Waals surface area contributed by atoms with Gasteiger partial charge in [0.2, 0.25) is 0 Å². The lowest BCUT2D eigenvalue weighted by Gasteiger charge is -2.58. The summed E-state index contributed by atoms with van der Waals surface area (Å²) in [4.78, 5) is 2.69. The molecule has 1 aliphatic carbocycles. The van der Waals surface area contributed by atoms with Crippen LogP contribution in [0.5, 0.6) is 0 Å². The molecular weight excluding hydrogens is 270 g/mol. The summed E-state index contributed by atoms with van der Waals surface area (Å²) in [6.07, 6.45) is 6.75. The average Bonchev–Trinajstić information content (AvgIpc) is 3.03. The SMILES string of the molecule is CC1(C)CC[C@]1(CCOCc1ccccc1)CN1CCCC1. The Morgan fingerprint density at radius 2 is 1.77 bits per heavy atom. The van der Waals surface area contributed by atoms with E-state index in [-0.39, 0.29) is 0 Å². The molecule has 122 valence electrons. The third-order valence-electron chi connectivity index (χ3n) is 6.23. The van der Waals surface area contributed by atoms with Gasteiger partial charge in [0.25, 0.3) is 0 Å². The first-order valence-electron chi connectivity index (χ1n) is 8.95. The summed E-state index contributed by atoms with van der Waals surface area (Å²) in [5.41, 5.74) is 2.24. The van der Waals surface area contributed by atoms with Crippen LogP contribution in [-0.4, -0.2) is 31.1 Å². The van der Waals surface area contributed by atoms with Crippen LogP contribution in [0, 0.1) is 10.8 Å². The van der Waals surface area contributed by atoms with Crippen LogP contribution in [0.2, 0.25) is 0 Å². The molecule has 1 aromatic rings. The number of hydrogen-bond acceptors (Lipinski definition) is 2. The maximum absolute atomic E-state index is 5.99. The summed E-state index contributed by atoms with van der Waals surface area (Å²) in [6, 6.07) is 10.5. The lowest BCUT2D eigenvalue weighted by Crippen LogP contribution is -2.54. The highest BCUT2D eigenvalue weighted by Gasteiger charge is 2.52. The van der Waals surface area contributed by atoms with Gasteiger partial charge >= 0.3 is 0 Å². The highest BCUT2D eigenvalue weighted by atomic mass is 16.5. The standard InChI is InChI=1S/C20H31NO/c1-19(2)10-11-20(19,17-21-13-6-7-14-21)12-15-22-16-18-8-4-3-5-9-18/h3-5,8-9H,6-7,10-17H2,1-2H3/t20-/m0/s1. The largest absolute Gasteiger partial charge is 0.377 e. The number of rotatable bonds is 7. The molecule has 0 N–H and O–H groups in total. The van der Waals surface area contributed by atoms with Gasteiger partial charge in [-0.1, -0.05) is 44.2 Å². The zero-order valence-electron chi connectivity index (χ0n) is 14.3. The van der Waals surface area contributed by atoms with Gasteiger partial charge in [-0.15, -0.1) is 0 Å². The minimum atomic E-state index is 0.478. The van der Waals surface area contributed by atoms with E-state index in [0.717, 1.165) is 13.2 Å². The van der Waals surface area contributed by atoms with Crippen LogP contribution in [0.25, 0.3) is 0 Å². The fraction of sp³-hybridized carbons (Fsp3) is 0.700. The predicted molar refractivity (Wildman–Crippen MR) is 91.8 cm³/mol. The quantitative estimate of drug-likeness (QED) is 0.688. The first kappa shape index (κ1) is 16.0. The first-order chi connectivity index (χ1) is 10.6. The molecule has 0 unspecified atom stereocenters. The van der Waals surface area contributed by atoms with Gasteiger partial charge in [0, 0.05) is 13.2 Å². The predicted octanol–water partition coefficient (Wildman–Crippen LogP) is 4.50. The van der Waals surface area contributed by atoms with Crippen LogP contribution < -0.4 is 0 Å². The zero-order valence-corrected chi connectivity index (χ0v) is 14.3. The Morgan fingerprint density at radius 1 is 1.05 bits per heavy atom. The van der Waals surface area contributed by atoms with E-state index in [1.807, 2.05) is 0 Å². The first-order valence-corrected chi connectivity index (χ1v) is 8.95. The Balaban J connectivity index is 1.50. The van der Waals surface area contributed by atoms with Gasteiger partial charge in [0.05, 0.1) is 6.61 Å². The van der Waals surface area contributed by atoms with Gasteiger partial charge in [0.15, 0.2) is 0 Å². The summed E-state index contributed by atoms with van der Waals surface area (Å²) < 4.78 is 5.99. The van der Waals surface area contributed by atoms with Crippen molar-refractivity contribution in [3.8, 4) is 0 Å². The van der Waals surface area contributed by atoms with Crippen molar-refractivity contribution in [2.45, 2.75) is 52.6 Å². The highest BCUT2D eigenvalue weighted by Crippen LogP contribution is 2.59. The molecule has 1 atom stereocenters. The molecule has 3 rings (SSSR count). The van der Waals surface area contributed by atoms with E-state index in [0.29, 0.717) is 10.8 Å². The fourth-order valence-corrected chi connectivity index (χ4v) is 4.21. The Kier molecular flexibility index (Phi) is 4.89. The monoisotopic (exact) mass is 301 g/mol. The molecule has 0 radical (unpaired) electrons. The van der Waals surface area contributed by atoms with Crippen LogP contribution in [0.3, 0.4) is 0 Å². The topological polar surface area (TPSA) is 12.5 Å². The summed E-state index contributed by atoms with van der Waals surface area (Å²) >= 11 is 0. The zero-order chi connectivity index (χ0) is 15.5. The van der Waals surface area contributed by atoms with Crippen molar-refractivity contribution < 1.29 is 4.74 Å². The average molecular weight is 301 g/mol.